The Morgan fingerprint density at radius 1 is 1.03 bits per heavy atom. The van der Waals surface area contributed by atoms with E-state index in [2.05, 4.69) is 14.8 Å². The van der Waals surface area contributed by atoms with E-state index < -0.39 is 17.6 Å². The zero-order chi connectivity index (χ0) is 27.3. The third kappa shape index (κ3) is 6.55. The molecular formula is C30H39N3O5. The molecule has 2 heterocycles. The molecule has 204 valence electrons. The van der Waals surface area contributed by atoms with Crippen molar-refractivity contribution in [1.82, 2.24) is 14.8 Å². The Morgan fingerprint density at radius 3 is 2.39 bits per heavy atom. The van der Waals surface area contributed by atoms with Crippen LogP contribution in [0.2, 0.25) is 0 Å². The fourth-order valence-electron chi connectivity index (χ4n) is 4.94. The third-order valence-corrected chi connectivity index (χ3v) is 6.77. The molecule has 4 rings (SSSR count). The highest BCUT2D eigenvalue weighted by Crippen LogP contribution is 2.33. The summed E-state index contributed by atoms with van der Waals surface area (Å²) < 4.78 is 19.0. The Kier molecular flexibility index (Phi) is 8.74. The number of amides is 1. The maximum atomic E-state index is 13.9. The summed E-state index contributed by atoms with van der Waals surface area (Å²) in [6.07, 6.45) is 0.333. The Balaban J connectivity index is 1.66. The number of rotatable bonds is 9. The number of benzene rings is 2. The number of nitrogens with zero attached hydrogens (tertiary/aromatic N) is 2. The average Bonchev–Trinajstić information content (AvgIpc) is 3.18. The van der Waals surface area contributed by atoms with Gasteiger partial charge in [-0.2, -0.15) is 0 Å². The molecular weight excluding hydrogens is 482 g/mol. The molecule has 0 aliphatic carbocycles. The summed E-state index contributed by atoms with van der Waals surface area (Å²) in [6, 6.07) is 14.5. The predicted octanol–water partition coefficient (Wildman–Crippen LogP) is 3.97. The van der Waals surface area contributed by atoms with E-state index in [9.17, 15) is 9.59 Å². The van der Waals surface area contributed by atoms with Crippen LogP contribution in [0.3, 0.4) is 0 Å². The Morgan fingerprint density at radius 2 is 1.74 bits per heavy atom. The number of aromatic nitrogens is 1. The van der Waals surface area contributed by atoms with Crippen LogP contribution in [0.4, 0.5) is 0 Å². The quantitative estimate of drug-likeness (QED) is 0.429. The molecule has 1 aromatic heterocycles. The molecule has 0 spiro atoms. The molecule has 0 bridgehead atoms. The molecule has 38 heavy (non-hydrogen) atoms. The monoisotopic (exact) mass is 521 g/mol. The van der Waals surface area contributed by atoms with Gasteiger partial charge >= 0.3 is 5.97 Å². The molecule has 0 saturated carbocycles. The van der Waals surface area contributed by atoms with Gasteiger partial charge in [-0.1, -0.05) is 42.5 Å². The van der Waals surface area contributed by atoms with E-state index in [0.29, 0.717) is 24.3 Å². The lowest BCUT2D eigenvalue weighted by atomic mass is 10.0. The van der Waals surface area contributed by atoms with Crippen molar-refractivity contribution in [2.45, 2.75) is 52.3 Å². The maximum Gasteiger partial charge on any atom is 0.329 e. The molecule has 2 aromatic carbocycles. The van der Waals surface area contributed by atoms with Crippen molar-refractivity contribution in [3.8, 4) is 5.75 Å². The van der Waals surface area contributed by atoms with E-state index in [1.54, 1.807) is 7.11 Å². The Bertz CT molecular complexity index is 1260. The summed E-state index contributed by atoms with van der Waals surface area (Å²) in [5.41, 5.74) is 2.52. The molecule has 0 radical (unpaired) electrons. The topological polar surface area (TPSA) is 82.0 Å². The summed E-state index contributed by atoms with van der Waals surface area (Å²) in [5.74, 6) is -0.0572. The molecule has 0 unspecified atom stereocenters. The molecule has 8 nitrogen and oxygen atoms in total. The standard InChI is InChI=1S/C30H39N3O5/c1-21-26(28(34)31-24(29(35)38-30(2,3)4)20-22-10-7-6-8-11-22)23-12-9-13-25(36-5)27(23)33(21)15-14-32-16-18-37-19-17-32/h6-13,24H,14-20H2,1-5H3,(H,31,34)/t24-/m0/s1. The van der Waals surface area contributed by atoms with Gasteiger partial charge in [0, 0.05) is 43.7 Å². The molecule has 1 amide bonds. The van der Waals surface area contributed by atoms with Gasteiger partial charge in [0.25, 0.3) is 5.91 Å². The number of ether oxygens (including phenoxy) is 3. The molecule has 1 saturated heterocycles. The zero-order valence-electron chi connectivity index (χ0n) is 23.1. The number of para-hydroxylation sites is 1. The van der Waals surface area contributed by atoms with Crippen molar-refractivity contribution < 1.29 is 23.8 Å². The van der Waals surface area contributed by atoms with Crippen LogP contribution in [0, 0.1) is 6.92 Å². The maximum absolute atomic E-state index is 13.9. The fraction of sp³-hybridized carbons (Fsp3) is 0.467. The minimum absolute atomic E-state index is 0.308. The van der Waals surface area contributed by atoms with Crippen LogP contribution in [0.25, 0.3) is 10.9 Å². The van der Waals surface area contributed by atoms with Crippen molar-refractivity contribution in [2.75, 3.05) is 40.0 Å². The molecule has 1 aliphatic heterocycles. The van der Waals surface area contributed by atoms with Gasteiger partial charge in [0.05, 0.1) is 31.4 Å². The van der Waals surface area contributed by atoms with E-state index in [4.69, 9.17) is 14.2 Å². The van der Waals surface area contributed by atoms with E-state index in [1.807, 2.05) is 76.2 Å². The summed E-state index contributed by atoms with van der Waals surface area (Å²) in [7, 11) is 1.64. The van der Waals surface area contributed by atoms with Crippen LogP contribution in [0.15, 0.2) is 48.5 Å². The first-order valence-electron chi connectivity index (χ1n) is 13.2. The first-order chi connectivity index (χ1) is 18.2. The lowest BCUT2D eigenvalue weighted by Crippen LogP contribution is -2.45. The van der Waals surface area contributed by atoms with Crippen molar-refractivity contribution in [1.29, 1.82) is 0 Å². The minimum atomic E-state index is -0.833. The van der Waals surface area contributed by atoms with Gasteiger partial charge in [0.2, 0.25) is 0 Å². The lowest BCUT2D eigenvalue weighted by molar-refractivity contribution is -0.157. The van der Waals surface area contributed by atoms with Crippen molar-refractivity contribution in [3.05, 3.63) is 65.4 Å². The molecule has 1 atom stereocenters. The van der Waals surface area contributed by atoms with E-state index in [-0.39, 0.29) is 5.91 Å². The second-order valence-electron chi connectivity index (χ2n) is 10.7. The van der Waals surface area contributed by atoms with Gasteiger partial charge in [0.1, 0.15) is 17.4 Å². The zero-order valence-corrected chi connectivity index (χ0v) is 23.1. The van der Waals surface area contributed by atoms with Crippen molar-refractivity contribution in [3.63, 3.8) is 0 Å². The first-order valence-corrected chi connectivity index (χ1v) is 13.2. The molecule has 3 aromatic rings. The smallest absolute Gasteiger partial charge is 0.329 e. The second-order valence-corrected chi connectivity index (χ2v) is 10.7. The molecule has 1 N–H and O–H groups in total. The SMILES string of the molecule is COc1cccc2c(C(=O)N[C@@H](Cc3ccccc3)C(=O)OC(C)(C)C)c(C)n(CCN3CCOCC3)c12. The Labute approximate surface area is 224 Å². The number of hydrogen-bond acceptors (Lipinski definition) is 6. The van der Waals surface area contributed by atoms with Crippen LogP contribution in [0.5, 0.6) is 5.75 Å². The molecule has 1 fully saturated rings. The number of carbonyl (C=O) groups excluding carboxylic acids is 2. The number of morpholine rings is 1. The summed E-state index contributed by atoms with van der Waals surface area (Å²) in [5, 5.41) is 3.79. The van der Waals surface area contributed by atoms with Crippen LogP contribution in [0.1, 0.15) is 42.4 Å². The summed E-state index contributed by atoms with van der Waals surface area (Å²) >= 11 is 0. The number of methoxy groups -OCH3 is 1. The van der Waals surface area contributed by atoms with Gasteiger partial charge in [-0.25, -0.2) is 4.79 Å². The van der Waals surface area contributed by atoms with E-state index >= 15 is 0 Å². The van der Waals surface area contributed by atoms with Gasteiger partial charge in [-0.15, -0.1) is 0 Å². The number of carbonyl (C=O) groups is 2. The van der Waals surface area contributed by atoms with E-state index in [0.717, 1.165) is 55.0 Å². The number of nitrogens with one attached hydrogen (secondary N) is 1. The van der Waals surface area contributed by atoms with Crippen LogP contribution in [-0.4, -0.2) is 72.9 Å². The summed E-state index contributed by atoms with van der Waals surface area (Å²) in [6.45, 7) is 12.2. The normalized spacial score (nSPS) is 15.3. The second kappa shape index (κ2) is 12.0. The van der Waals surface area contributed by atoms with Crippen molar-refractivity contribution in [2.24, 2.45) is 0 Å². The van der Waals surface area contributed by atoms with Crippen LogP contribution >= 0.6 is 0 Å². The van der Waals surface area contributed by atoms with Gasteiger partial charge in [0.15, 0.2) is 0 Å². The van der Waals surface area contributed by atoms with Crippen molar-refractivity contribution >= 4 is 22.8 Å². The number of fused-ring (bicyclic) bond motifs is 1. The minimum Gasteiger partial charge on any atom is -0.495 e. The first kappa shape index (κ1) is 27.7. The third-order valence-electron chi connectivity index (χ3n) is 6.77. The Hall–Kier alpha value is -3.36. The van der Waals surface area contributed by atoms with Crippen LogP contribution in [-0.2, 0) is 27.2 Å². The molecule has 8 heteroatoms. The predicted molar refractivity (Wildman–Crippen MR) is 148 cm³/mol. The highest BCUT2D eigenvalue weighted by molar-refractivity contribution is 6.10. The number of esters is 1. The van der Waals surface area contributed by atoms with E-state index in [1.165, 1.54) is 0 Å². The highest BCUT2D eigenvalue weighted by atomic mass is 16.6. The lowest BCUT2D eigenvalue weighted by Gasteiger charge is -2.27. The fourth-order valence-corrected chi connectivity index (χ4v) is 4.94. The van der Waals surface area contributed by atoms with Gasteiger partial charge in [-0.05, 0) is 39.3 Å². The largest absolute Gasteiger partial charge is 0.495 e. The summed E-state index contributed by atoms with van der Waals surface area (Å²) in [4.78, 5) is 29.4. The number of hydrogen-bond donors (Lipinski definition) is 1. The molecule has 1 aliphatic rings. The average molecular weight is 522 g/mol. The van der Waals surface area contributed by atoms with Gasteiger partial charge < -0.3 is 24.1 Å². The highest BCUT2D eigenvalue weighted by Gasteiger charge is 2.30. The van der Waals surface area contributed by atoms with Gasteiger partial charge in [-0.3, -0.25) is 9.69 Å². The van der Waals surface area contributed by atoms with Crippen LogP contribution < -0.4 is 10.1 Å².